The van der Waals surface area contributed by atoms with E-state index in [4.69, 9.17) is 23.2 Å². The number of benzene rings is 2. The Morgan fingerprint density at radius 1 is 1.10 bits per heavy atom. The number of Topliss-reactive ketones (excluding diaryl/α,β-unsaturated/α-hetero) is 1. The molecule has 0 amide bonds. The number of carbonyl (C=O) groups is 1. The van der Waals surface area contributed by atoms with Crippen molar-refractivity contribution < 1.29 is 4.79 Å². The molecule has 0 spiro atoms. The van der Waals surface area contributed by atoms with Crippen molar-refractivity contribution in [2.24, 2.45) is 5.41 Å². The van der Waals surface area contributed by atoms with Crippen LogP contribution in [0.25, 0.3) is 17.3 Å². The number of para-hydroxylation sites is 1. The number of carbonyl (C=O) groups excluding carboxylic acids is 1. The van der Waals surface area contributed by atoms with Crippen molar-refractivity contribution in [3.05, 3.63) is 83.2 Å². The van der Waals surface area contributed by atoms with E-state index in [1.807, 2.05) is 31.2 Å². The molecule has 0 saturated heterocycles. The predicted octanol–water partition coefficient (Wildman–Crippen LogP) is 4.63. The van der Waals surface area contributed by atoms with Crippen LogP contribution in [0.15, 0.2) is 47.3 Å². The van der Waals surface area contributed by atoms with Gasteiger partial charge >= 0.3 is 0 Å². The average Bonchev–Trinajstić information content (AvgIpc) is 3.01. The Kier molecular flexibility index (Phi) is 6.56. The van der Waals surface area contributed by atoms with Gasteiger partial charge < -0.3 is 0 Å². The molecule has 3 aromatic rings. The number of aryl methyl sites for hydroxylation is 1. The van der Waals surface area contributed by atoms with E-state index in [1.54, 1.807) is 51.1 Å². The second-order valence-corrected chi connectivity index (χ2v) is 9.89. The van der Waals surface area contributed by atoms with Gasteiger partial charge in [-0.2, -0.15) is 5.26 Å². The highest BCUT2D eigenvalue weighted by Gasteiger charge is 2.27. The summed E-state index contributed by atoms with van der Waals surface area (Å²) < 4.78 is 2.04. The molecule has 0 fully saturated rings. The van der Waals surface area contributed by atoms with Crippen LogP contribution in [0.1, 0.15) is 31.9 Å². The van der Waals surface area contributed by atoms with E-state index in [1.165, 1.54) is 4.57 Å². The number of rotatable bonds is 3. The predicted molar refractivity (Wildman–Crippen MR) is 127 cm³/mol. The highest BCUT2D eigenvalue weighted by atomic mass is 35.5. The van der Waals surface area contributed by atoms with Gasteiger partial charge in [0.1, 0.15) is 16.3 Å². The zero-order chi connectivity index (χ0) is 22.9. The Labute approximate surface area is 194 Å². The van der Waals surface area contributed by atoms with Crippen LogP contribution < -0.4 is 14.8 Å². The maximum Gasteiger partial charge on any atom is 0.273 e. The van der Waals surface area contributed by atoms with Crippen LogP contribution in [-0.2, 0) is 4.79 Å². The summed E-state index contributed by atoms with van der Waals surface area (Å²) in [6, 6.07) is 14.4. The zero-order valence-electron chi connectivity index (χ0n) is 17.5. The number of thiazole rings is 1. The summed E-state index contributed by atoms with van der Waals surface area (Å²) in [5.41, 5.74) is 0.776. The van der Waals surface area contributed by atoms with Crippen molar-refractivity contribution in [3.63, 3.8) is 0 Å². The van der Waals surface area contributed by atoms with Crippen molar-refractivity contribution >= 4 is 52.0 Å². The third-order valence-electron chi connectivity index (χ3n) is 4.69. The Morgan fingerprint density at radius 2 is 1.71 bits per heavy atom. The van der Waals surface area contributed by atoms with Crippen LogP contribution in [0.5, 0.6) is 0 Å². The Balaban J connectivity index is 2.52. The lowest BCUT2D eigenvalue weighted by atomic mass is 9.87. The van der Waals surface area contributed by atoms with Crippen LogP contribution in [-0.4, -0.2) is 10.4 Å². The quantitative estimate of drug-likeness (QED) is 0.560. The molecule has 0 unspecified atom stereocenters. The summed E-state index contributed by atoms with van der Waals surface area (Å²) in [6.45, 7) is 7.10. The fourth-order valence-corrected chi connectivity index (χ4v) is 4.62. The van der Waals surface area contributed by atoms with Gasteiger partial charge in [-0.25, -0.2) is 0 Å². The number of hydrogen-bond donors (Lipinski definition) is 0. The Hall–Kier alpha value is -2.65. The van der Waals surface area contributed by atoms with Crippen molar-refractivity contribution in [3.8, 4) is 11.8 Å². The average molecular weight is 471 g/mol. The monoisotopic (exact) mass is 470 g/mol. The third-order valence-corrected chi connectivity index (χ3v) is 6.44. The first-order chi connectivity index (χ1) is 14.6. The second-order valence-electron chi connectivity index (χ2n) is 8.04. The molecule has 3 rings (SSSR count). The van der Waals surface area contributed by atoms with Crippen molar-refractivity contribution in [2.45, 2.75) is 27.7 Å². The molecule has 0 aliphatic rings. The molecule has 4 nitrogen and oxygen atoms in total. The first-order valence-electron chi connectivity index (χ1n) is 9.49. The molecule has 158 valence electrons. The molecule has 31 heavy (non-hydrogen) atoms. The molecule has 0 radical (unpaired) electrons. The molecule has 7 heteroatoms. The first-order valence-corrected chi connectivity index (χ1v) is 11.1. The SMILES string of the molecule is Cc1ccccc1-n1c(=O)/c(=C/c2c(Cl)cccc2Cl)s/c1=C(/C#N)C(=O)C(C)(C)C. The number of nitriles is 1. The van der Waals surface area contributed by atoms with Gasteiger partial charge in [0.25, 0.3) is 5.56 Å². The van der Waals surface area contributed by atoms with Crippen LogP contribution in [0, 0.1) is 23.7 Å². The highest BCUT2D eigenvalue weighted by Crippen LogP contribution is 2.25. The fraction of sp³-hybridized carbons (Fsp3) is 0.208. The summed E-state index contributed by atoms with van der Waals surface area (Å²) in [7, 11) is 0. The molecular formula is C24H20Cl2N2O2S. The summed E-state index contributed by atoms with van der Waals surface area (Å²) in [4.78, 5) is 26.5. The second kappa shape index (κ2) is 8.84. The number of ketones is 1. The van der Waals surface area contributed by atoms with Crippen LogP contribution in [0.2, 0.25) is 10.0 Å². The summed E-state index contributed by atoms with van der Waals surface area (Å²) in [5.74, 6) is -0.332. The molecule has 1 heterocycles. The number of halogens is 2. The number of nitrogens with zero attached hydrogens (tertiary/aromatic N) is 2. The summed E-state index contributed by atoms with van der Waals surface area (Å²) in [6.07, 6.45) is 1.60. The summed E-state index contributed by atoms with van der Waals surface area (Å²) in [5, 5.41) is 10.7. The van der Waals surface area contributed by atoms with E-state index in [0.717, 1.165) is 16.9 Å². The van der Waals surface area contributed by atoms with Gasteiger partial charge in [-0.1, -0.05) is 68.2 Å². The van der Waals surface area contributed by atoms with Crippen molar-refractivity contribution in [1.82, 2.24) is 4.57 Å². The Bertz CT molecular complexity index is 1380. The van der Waals surface area contributed by atoms with Gasteiger partial charge in [0.15, 0.2) is 5.78 Å². The van der Waals surface area contributed by atoms with Gasteiger partial charge in [-0.05, 0) is 36.8 Å². The summed E-state index contributed by atoms with van der Waals surface area (Å²) >= 11 is 13.7. The van der Waals surface area contributed by atoms with Crippen molar-refractivity contribution in [1.29, 1.82) is 5.26 Å². The van der Waals surface area contributed by atoms with E-state index < -0.39 is 5.41 Å². The maximum absolute atomic E-state index is 13.5. The van der Waals surface area contributed by atoms with E-state index in [0.29, 0.717) is 25.8 Å². The van der Waals surface area contributed by atoms with E-state index in [2.05, 4.69) is 0 Å². The van der Waals surface area contributed by atoms with E-state index >= 15 is 0 Å². The van der Waals surface area contributed by atoms with Crippen LogP contribution in [0.3, 0.4) is 0 Å². The normalized spacial score (nSPS) is 13.1. The first kappa shape index (κ1) is 23.0. The molecule has 0 saturated carbocycles. The van der Waals surface area contributed by atoms with Gasteiger partial charge in [-0.15, -0.1) is 11.3 Å². The lowest BCUT2D eigenvalue weighted by molar-refractivity contribution is -0.120. The van der Waals surface area contributed by atoms with Crippen LogP contribution in [0.4, 0.5) is 0 Å². The van der Waals surface area contributed by atoms with Gasteiger partial charge in [0, 0.05) is 21.0 Å². The minimum absolute atomic E-state index is 0.0530. The Morgan fingerprint density at radius 3 is 2.26 bits per heavy atom. The number of hydrogen-bond acceptors (Lipinski definition) is 4. The minimum Gasteiger partial charge on any atom is -0.293 e. The van der Waals surface area contributed by atoms with Gasteiger partial charge in [0.05, 0.1) is 10.2 Å². The highest BCUT2D eigenvalue weighted by molar-refractivity contribution is 7.07. The van der Waals surface area contributed by atoms with Crippen LogP contribution >= 0.6 is 34.5 Å². The van der Waals surface area contributed by atoms with E-state index in [-0.39, 0.29) is 21.6 Å². The lowest BCUT2D eigenvalue weighted by Crippen LogP contribution is -2.33. The molecule has 0 atom stereocenters. The molecular weight excluding hydrogens is 451 g/mol. The maximum atomic E-state index is 13.5. The third kappa shape index (κ3) is 4.52. The topological polar surface area (TPSA) is 62.9 Å². The molecule has 0 aliphatic heterocycles. The largest absolute Gasteiger partial charge is 0.293 e. The zero-order valence-corrected chi connectivity index (χ0v) is 19.8. The molecule has 0 bridgehead atoms. The van der Waals surface area contributed by atoms with E-state index in [9.17, 15) is 14.9 Å². The van der Waals surface area contributed by atoms with Gasteiger partial charge in [0.2, 0.25) is 0 Å². The molecule has 1 aromatic heterocycles. The molecule has 0 N–H and O–H groups in total. The lowest BCUT2D eigenvalue weighted by Gasteiger charge is -2.15. The number of aromatic nitrogens is 1. The minimum atomic E-state index is -0.780. The molecule has 2 aromatic carbocycles. The smallest absolute Gasteiger partial charge is 0.273 e. The van der Waals surface area contributed by atoms with Gasteiger partial charge in [-0.3, -0.25) is 14.2 Å². The van der Waals surface area contributed by atoms with Crippen molar-refractivity contribution in [2.75, 3.05) is 0 Å². The standard InChI is InChI=1S/C24H20Cl2N2O2S/c1-14-8-5-6-11-19(14)28-22(30)20(12-15-17(25)9-7-10-18(15)26)31-23(28)16(13-27)21(29)24(2,3)4/h5-12H,1-4H3/b20-12-,23-16-. The fourth-order valence-electron chi connectivity index (χ4n) is 3.03. The molecule has 0 aliphatic carbocycles.